The number of benzene rings is 2. The standard InChI is InChI=1S/C18H18Cl2N2O5S/c19-13-7-6-12(9-14(13)20)28(26,27)22-16(8-11-4-2-1-3-5-11)18(25)15(21)10-17(23)24/h1-7,9,15-16,22H,8,10,21H2,(H,23,24)/t15-,16?/m0/s1. The number of nitrogens with one attached hydrogen (secondary N) is 1. The Balaban J connectivity index is 2.33. The molecule has 0 aliphatic carbocycles. The van der Waals surface area contributed by atoms with Crippen molar-refractivity contribution in [2.24, 2.45) is 5.73 Å². The highest BCUT2D eigenvalue weighted by Crippen LogP contribution is 2.25. The average molecular weight is 445 g/mol. The summed E-state index contributed by atoms with van der Waals surface area (Å²) in [6, 6.07) is 9.80. The van der Waals surface area contributed by atoms with Gasteiger partial charge in [0.1, 0.15) is 0 Å². The number of hydrogen-bond acceptors (Lipinski definition) is 5. The minimum Gasteiger partial charge on any atom is -0.481 e. The minimum atomic E-state index is -4.14. The maximum absolute atomic E-state index is 12.7. The van der Waals surface area contributed by atoms with Crippen molar-refractivity contribution < 1.29 is 23.1 Å². The number of sulfonamides is 1. The van der Waals surface area contributed by atoms with Gasteiger partial charge < -0.3 is 10.8 Å². The number of hydrogen-bond donors (Lipinski definition) is 3. The van der Waals surface area contributed by atoms with E-state index in [1.807, 2.05) is 0 Å². The molecule has 2 rings (SSSR count). The second-order valence-electron chi connectivity index (χ2n) is 6.05. The van der Waals surface area contributed by atoms with Gasteiger partial charge in [0.05, 0.1) is 33.4 Å². The van der Waals surface area contributed by atoms with Crippen molar-refractivity contribution in [3.63, 3.8) is 0 Å². The maximum Gasteiger partial charge on any atom is 0.305 e. The number of halogens is 2. The molecule has 0 radical (unpaired) electrons. The van der Waals surface area contributed by atoms with Gasteiger partial charge in [-0.2, -0.15) is 0 Å². The zero-order chi connectivity index (χ0) is 20.9. The summed E-state index contributed by atoms with van der Waals surface area (Å²) in [7, 11) is -4.14. The molecule has 0 spiro atoms. The Morgan fingerprint density at radius 3 is 2.29 bits per heavy atom. The summed E-state index contributed by atoms with van der Waals surface area (Å²) in [6.45, 7) is 0. The van der Waals surface area contributed by atoms with Crippen LogP contribution in [0.2, 0.25) is 10.0 Å². The molecule has 0 aromatic heterocycles. The maximum atomic E-state index is 12.7. The van der Waals surface area contributed by atoms with Crippen molar-refractivity contribution in [1.82, 2.24) is 4.72 Å². The summed E-state index contributed by atoms with van der Waals surface area (Å²) in [5.41, 5.74) is 6.35. The summed E-state index contributed by atoms with van der Waals surface area (Å²) < 4.78 is 27.8. The van der Waals surface area contributed by atoms with Gasteiger partial charge in [-0.3, -0.25) is 9.59 Å². The molecule has 0 saturated heterocycles. The molecule has 0 amide bonds. The SMILES string of the molecule is N[C@@H](CC(=O)O)C(=O)C(Cc1ccccc1)NS(=O)(=O)c1ccc(Cl)c(Cl)c1. The van der Waals surface area contributed by atoms with E-state index in [1.54, 1.807) is 30.3 Å². The Morgan fingerprint density at radius 1 is 1.07 bits per heavy atom. The quantitative estimate of drug-likeness (QED) is 0.544. The molecule has 0 bridgehead atoms. The van der Waals surface area contributed by atoms with Gasteiger partial charge in [-0.25, -0.2) is 13.1 Å². The smallest absolute Gasteiger partial charge is 0.305 e. The van der Waals surface area contributed by atoms with E-state index in [1.165, 1.54) is 12.1 Å². The van der Waals surface area contributed by atoms with Crippen LogP contribution >= 0.6 is 23.2 Å². The summed E-state index contributed by atoms with van der Waals surface area (Å²) in [4.78, 5) is 23.3. The minimum absolute atomic E-state index is 0.00748. The fourth-order valence-electron chi connectivity index (χ4n) is 2.50. The lowest BCUT2D eigenvalue weighted by Crippen LogP contribution is -2.49. The first kappa shape index (κ1) is 22.3. The van der Waals surface area contributed by atoms with E-state index in [4.69, 9.17) is 34.0 Å². The van der Waals surface area contributed by atoms with Crippen LogP contribution in [0.25, 0.3) is 0 Å². The zero-order valence-electron chi connectivity index (χ0n) is 14.5. The van der Waals surface area contributed by atoms with Gasteiger partial charge in [0.15, 0.2) is 5.78 Å². The molecule has 0 aliphatic heterocycles. The van der Waals surface area contributed by atoms with E-state index in [2.05, 4.69) is 4.72 Å². The van der Waals surface area contributed by atoms with E-state index >= 15 is 0 Å². The van der Waals surface area contributed by atoms with Gasteiger partial charge in [-0.05, 0) is 30.2 Å². The zero-order valence-corrected chi connectivity index (χ0v) is 16.8. The highest BCUT2D eigenvalue weighted by molar-refractivity contribution is 7.89. The number of carboxylic acid groups (broad SMARTS) is 1. The van der Waals surface area contributed by atoms with Crippen molar-refractivity contribution in [2.45, 2.75) is 29.8 Å². The molecule has 0 fully saturated rings. The second kappa shape index (κ2) is 9.49. The van der Waals surface area contributed by atoms with Crippen LogP contribution in [-0.2, 0) is 26.0 Å². The topological polar surface area (TPSA) is 127 Å². The Kier molecular flexibility index (Phi) is 7.56. The second-order valence-corrected chi connectivity index (χ2v) is 8.57. The van der Waals surface area contributed by atoms with Gasteiger partial charge in [0.25, 0.3) is 0 Å². The molecule has 2 aromatic rings. The molecule has 150 valence electrons. The van der Waals surface area contributed by atoms with E-state index in [9.17, 15) is 18.0 Å². The monoisotopic (exact) mass is 444 g/mol. The lowest BCUT2D eigenvalue weighted by Gasteiger charge is -2.21. The lowest BCUT2D eigenvalue weighted by atomic mass is 9.97. The molecular formula is C18H18Cl2N2O5S. The van der Waals surface area contributed by atoms with Crippen LogP contribution in [0.1, 0.15) is 12.0 Å². The van der Waals surface area contributed by atoms with Crippen LogP contribution in [-0.4, -0.2) is 37.4 Å². The number of ketones is 1. The van der Waals surface area contributed by atoms with Crippen molar-refractivity contribution in [3.05, 3.63) is 64.1 Å². The largest absolute Gasteiger partial charge is 0.481 e. The lowest BCUT2D eigenvalue weighted by molar-refractivity contribution is -0.139. The van der Waals surface area contributed by atoms with E-state index in [0.29, 0.717) is 5.56 Å². The number of aliphatic carboxylic acids is 1. The number of nitrogens with two attached hydrogens (primary N) is 1. The Morgan fingerprint density at radius 2 is 1.71 bits per heavy atom. The molecule has 0 aliphatic rings. The predicted molar refractivity (Wildman–Crippen MR) is 106 cm³/mol. The number of carbonyl (C=O) groups excluding carboxylic acids is 1. The van der Waals surface area contributed by atoms with E-state index in [0.717, 1.165) is 6.07 Å². The summed E-state index contributed by atoms with van der Waals surface area (Å²) in [5.74, 6) is -1.98. The molecule has 28 heavy (non-hydrogen) atoms. The Labute approximate surface area is 172 Å². The first-order valence-corrected chi connectivity index (χ1v) is 10.4. The van der Waals surface area contributed by atoms with Gasteiger partial charge in [-0.1, -0.05) is 53.5 Å². The third kappa shape index (κ3) is 6.02. The molecule has 10 heteroatoms. The Bertz CT molecular complexity index is 967. The third-order valence-electron chi connectivity index (χ3n) is 3.88. The van der Waals surface area contributed by atoms with Gasteiger partial charge in [0.2, 0.25) is 10.0 Å². The Hall–Kier alpha value is -1.97. The fourth-order valence-corrected chi connectivity index (χ4v) is 4.09. The highest BCUT2D eigenvalue weighted by Gasteiger charge is 2.30. The molecule has 2 aromatic carbocycles. The van der Waals surface area contributed by atoms with Gasteiger partial charge in [-0.15, -0.1) is 0 Å². The van der Waals surface area contributed by atoms with Gasteiger partial charge in [0, 0.05) is 0 Å². The summed E-state index contributed by atoms with van der Waals surface area (Å²) in [5, 5.41) is 9.09. The van der Waals surface area contributed by atoms with Crippen LogP contribution in [0.5, 0.6) is 0 Å². The predicted octanol–water partition coefficient (Wildman–Crippen LogP) is 2.25. The average Bonchev–Trinajstić information content (AvgIpc) is 2.62. The molecular weight excluding hydrogens is 427 g/mol. The molecule has 0 heterocycles. The first-order chi connectivity index (χ1) is 13.1. The van der Waals surface area contributed by atoms with Crippen molar-refractivity contribution in [1.29, 1.82) is 0 Å². The number of carbonyl (C=O) groups is 2. The van der Waals surface area contributed by atoms with Crippen LogP contribution in [0, 0.1) is 0 Å². The molecule has 2 atom stereocenters. The number of carboxylic acids is 1. The molecule has 1 unspecified atom stereocenters. The third-order valence-corrected chi connectivity index (χ3v) is 6.09. The normalized spacial score (nSPS) is 13.7. The van der Waals surface area contributed by atoms with Crippen LogP contribution in [0.3, 0.4) is 0 Å². The summed E-state index contributed by atoms with van der Waals surface area (Å²) in [6.07, 6.45) is -0.605. The van der Waals surface area contributed by atoms with Crippen LogP contribution < -0.4 is 10.5 Å². The number of Topliss-reactive ketones (excluding diaryl/α,β-unsaturated/α-hetero) is 1. The molecule has 7 nitrogen and oxygen atoms in total. The molecule has 0 saturated carbocycles. The first-order valence-electron chi connectivity index (χ1n) is 8.12. The molecule has 4 N–H and O–H groups in total. The van der Waals surface area contributed by atoms with Crippen molar-refractivity contribution >= 4 is 45.0 Å². The summed E-state index contributed by atoms with van der Waals surface area (Å²) >= 11 is 11.7. The van der Waals surface area contributed by atoms with Crippen molar-refractivity contribution in [2.75, 3.05) is 0 Å². The van der Waals surface area contributed by atoms with Crippen LogP contribution in [0.15, 0.2) is 53.4 Å². The van der Waals surface area contributed by atoms with E-state index in [-0.39, 0.29) is 21.4 Å². The van der Waals surface area contributed by atoms with Gasteiger partial charge >= 0.3 is 5.97 Å². The van der Waals surface area contributed by atoms with Crippen molar-refractivity contribution in [3.8, 4) is 0 Å². The van der Waals surface area contributed by atoms with Crippen LogP contribution in [0.4, 0.5) is 0 Å². The highest BCUT2D eigenvalue weighted by atomic mass is 35.5. The van der Waals surface area contributed by atoms with E-state index < -0.39 is 40.3 Å². The number of rotatable bonds is 9. The fraction of sp³-hybridized carbons (Fsp3) is 0.222.